The molecule has 0 unspecified atom stereocenters. The van der Waals surface area contributed by atoms with E-state index in [0.29, 0.717) is 24.3 Å². The summed E-state index contributed by atoms with van der Waals surface area (Å²) in [6, 6.07) is 16.9. The number of hydrogen-bond acceptors (Lipinski definition) is 3. The molecule has 0 radical (unpaired) electrons. The number of urea groups is 1. The van der Waals surface area contributed by atoms with Crippen LogP contribution in [0.15, 0.2) is 54.6 Å². The van der Waals surface area contributed by atoms with Crippen LogP contribution in [0.5, 0.6) is 0 Å². The summed E-state index contributed by atoms with van der Waals surface area (Å²) in [6.45, 7) is 4.09. The Morgan fingerprint density at radius 2 is 1.77 bits per heavy atom. The first kappa shape index (κ1) is 17.9. The van der Waals surface area contributed by atoms with Gasteiger partial charge in [0.2, 0.25) is 5.91 Å². The zero-order chi connectivity index (χ0) is 18.4. The van der Waals surface area contributed by atoms with Crippen LogP contribution in [-0.2, 0) is 6.54 Å². The first-order valence-corrected chi connectivity index (χ1v) is 8.84. The highest BCUT2D eigenvalue weighted by atomic mass is 16.2. The summed E-state index contributed by atoms with van der Waals surface area (Å²) >= 11 is 0. The Balaban J connectivity index is 1.56. The number of amides is 3. The lowest BCUT2D eigenvalue weighted by Gasteiger charge is -2.22. The number of hydrogen-bond donors (Lipinski definition) is 2. The number of nitrogens with two attached hydrogens (primary N) is 1. The highest BCUT2D eigenvalue weighted by Gasteiger charge is 2.19. The van der Waals surface area contributed by atoms with Gasteiger partial charge in [0.1, 0.15) is 0 Å². The van der Waals surface area contributed by atoms with Crippen molar-refractivity contribution in [3.63, 3.8) is 0 Å². The molecule has 1 heterocycles. The minimum atomic E-state index is -0.507. The quantitative estimate of drug-likeness (QED) is 0.887. The molecule has 3 N–H and O–H groups in total. The van der Waals surface area contributed by atoms with Crippen molar-refractivity contribution >= 4 is 17.6 Å². The van der Waals surface area contributed by atoms with Crippen molar-refractivity contribution in [2.24, 2.45) is 5.73 Å². The Morgan fingerprint density at radius 1 is 0.962 bits per heavy atom. The molecular formula is C20H24N4O2. The predicted octanol–water partition coefficient (Wildman–Crippen LogP) is 2.53. The van der Waals surface area contributed by atoms with Crippen molar-refractivity contribution in [2.75, 3.05) is 31.5 Å². The number of benzene rings is 2. The number of rotatable bonds is 4. The molecular weight excluding hydrogens is 328 g/mol. The number of anilines is 1. The number of nitrogens with one attached hydrogen (secondary N) is 1. The third kappa shape index (κ3) is 4.83. The number of carbonyl (C=O) groups excluding carboxylic acids is 2. The predicted molar refractivity (Wildman–Crippen MR) is 102 cm³/mol. The van der Waals surface area contributed by atoms with Crippen LogP contribution in [0.25, 0.3) is 0 Å². The van der Waals surface area contributed by atoms with Gasteiger partial charge in [0.05, 0.1) is 0 Å². The first-order valence-electron chi connectivity index (χ1n) is 8.84. The molecule has 6 nitrogen and oxygen atoms in total. The lowest BCUT2D eigenvalue weighted by atomic mass is 10.2. The number of nitrogens with zero attached hydrogens (tertiary/aromatic N) is 2. The molecule has 1 aliphatic heterocycles. The second kappa shape index (κ2) is 8.49. The SMILES string of the molecule is NC(=O)c1cccc(NC(=O)N2CCCN(Cc3ccccc3)CC2)c1. The van der Waals surface area contributed by atoms with E-state index in [2.05, 4.69) is 22.3 Å². The Morgan fingerprint density at radius 3 is 2.54 bits per heavy atom. The lowest BCUT2D eigenvalue weighted by molar-refractivity contribution is 0.1000. The van der Waals surface area contributed by atoms with Crippen LogP contribution in [0.2, 0.25) is 0 Å². The Kier molecular flexibility index (Phi) is 5.86. The first-order chi connectivity index (χ1) is 12.6. The van der Waals surface area contributed by atoms with Crippen LogP contribution >= 0.6 is 0 Å². The van der Waals surface area contributed by atoms with Gasteiger partial charge in [0.25, 0.3) is 0 Å². The Bertz CT molecular complexity index is 763. The maximum atomic E-state index is 12.5. The van der Waals surface area contributed by atoms with E-state index in [1.54, 1.807) is 24.3 Å². The second-order valence-electron chi connectivity index (χ2n) is 6.48. The summed E-state index contributed by atoms with van der Waals surface area (Å²) in [7, 11) is 0. The molecule has 0 atom stereocenters. The molecule has 1 saturated heterocycles. The van der Waals surface area contributed by atoms with E-state index in [-0.39, 0.29) is 6.03 Å². The van der Waals surface area contributed by atoms with Gasteiger partial charge in [-0.1, -0.05) is 36.4 Å². The van der Waals surface area contributed by atoms with Gasteiger partial charge in [-0.25, -0.2) is 4.79 Å². The van der Waals surface area contributed by atoms with E-state index >= 15 is 0 Å². The summed E-state index contributed by atoms with van der Waals surface area (Å²) in [5.74, 6) is -0.507. The monoisotopic (exact) mass is 352 g/mol. The minimum absolute atomic E-state index is 0.145. The van der Waals surface area contributed by atoms with E-state index in [4.69, 9.17) is 5.73 Å². The molecule has 0 spiro atoms. The van der Waals surface area contributed by atoms with Gasteiger partial charge in [-0.15, -0.1) is 0 Å². The molecule has 2 aromatic carbocycles. The third-order valence-corrected chi connectivity index (χ3v) is 4.52. The molecule has 1 fully saturated rings. The van der Waals surface area contributed by atoms with Crippen molar-refractivity contribution < 1.29 is 9.59 Å². The summed E-state index contributed by atoms with van der Waals surface area (Å²) in [5, 5.41) is 2.86. The fraction of sp³-hybridized carbons (Fsp3) is 0.300. The average Bonchev–Trinajstić information content (AvgIpc) is 2.88. The van der Waals surface area contributed by atoms with Crippen molar-refractivity contribution in [1.82, 2.24) is 9.80 Å². The smallest absolute Gasteiger partial charge is 0.321 e. The summed E-state index contributed by atoms with van der Waals surface area (Å²) < 4.78 is 0. The van der Waals surface area contributed by atoms with Crippen LogP contribution in [-0.4, -0.2) is 47.9 Å². The van der Waals surface area contributed by atoms with Gasteiger partial charge in [-0.3, -0.25) is 9.69 Å². The van der Waals surface area contributed by atoms with Crippen molar-refractivity contribution in [1.29, 1.82) is 0 Å². The molecule has 0 aromatic heterocycles. The molecule has 1 aliphatic rings. The van der Waals surface area contributed by atoms with Crippen LogP contribution in [0.3, 0.4) is 0 Å². The molecule has 2 aromatic rings. The van der Waals surface area contributed by atoms with Gasteiger partial charge >= 0.3 is 6.03 Å². The molecule has 6 heteroatoms. The van der Waals surface area contributed by atoms with Crippen molar-refractivity contribution in [3.8, 4) is 0 Å². The standard InChI is InChI=1S/C20H24N4O2/c21-19(25)17-8-4-9-18(14-17)22-20(26)24-11-5-10-23(12-13-24)15-16-6-2-1-3-7-16/h1-4,6-9,14H,5,10-13,15H2,(H2,21,25)(H,22,26). The second-order valence-corrected chi connectivity index (χ2v) is 6.48. The molecule has 3 rings (SSSR count). The van der Waals surface area contributed by atoms with Gasteiger partial charge < -0.3 is 16.0 Å². The number of primary amides is 1. The van der Waals surface area contributed by atoms with Gasteiger partial charge in [0.15, 0.2) is 0 Å². The zero-order valence-electron chi connectivity index (χ0n) is 14.7. The van der Waals surface area contributed by atoms with Gasteiger partial charge in [-0.05, 0) is 30.2 Å². The lowest BCUT2D eigenvalue weighted by Crippen LogP contribution is -2.38. The molecule has 0 aliphatic carbocycles. The molecule has 0 bridgehead atoms. The zero-order valence-corrected chi connectivity index (χ0v) is 14.7. The number of carbonyl (C=O) groups is 2. The van der Waals surface area contributed by atoms with E-state index < -0.39 is 5.91 Å². The van der Waals surface area contributed by atoms with Gasteiger partial charge in [-0.2, -0.15) is 0 Å². The summed E-state index contributed by atoms with van der Waals surface area (Å²) in [5.41, 5.74) is 7.54. The fourth-order valence-corrected chi connectivity index (χ4v) is 3.13. The molecule has 0 saturated carbocycles. The van der Waals surface area contributed by atoms with Crippen molar-refractivity contribution in [2.45, 2.75) is 13.0 Å². The summed E-state index contributed by atoms with van der Waals surface area (Å²) in [6.07, 6.45) is 0.932. The Labute approximate surface area is 153 Å². The fourth-order valence-electron chi connectivity index (χ4n) is 3.13. The highest BCUT2D eigenvalue weighted by molar-refractivity contribution is 5.95. The van der Waals surface area contributed by atoms with Crippen LogP contribution in [0.4, 0.5) is 10.5 Å². The topological polar surface area (TPSA) is 78.7 Å². The van der Waals surface area contributed by atoms with Crippen LogP contribution < -0.4 is 11.1 Å². The average molecular weight is 352 g/mol. The third-order valence-electron chi connectivity index (χ3n) is 4.52. The molecule has 3 amide bonds. The van der Waals surface area contributed by atoms with E-state index in [9.17, 15) is 9.59 Å². The van der Waals surface area contributed by atoms with Crippen LogP contribution in [0, 0.1) is 0 Å². The molecule has 26 heavy (non-hydrogen) atoms. The van der Waals surface area contributed by atoms with Crippen molar-refractivity contribution in [3.05, 3.63) is 65.7 Å². The highest BCUT2D eigenvalue weighted by Crippen LogP contribution is 2.13. The Hall–Kier alpha value is -2.86. The normalized spacial score (nSPS) is 15.3. The summed E-state index contributed by atoms with van der Waals surface area (Å²) in [4.78, 5) is 28.0. The van der Waals surface area contributed by atoms with E-state index in [1.807, 2.05) is 23.1 Å². The maximum Gasteiger partial charge on any atom is 0.321 e. The molecule has 136 valence electrons. The van der Waals surface area contributed by atoms with Crippen LogP contribution in [0.1, 0.15) is 22.3 Å². The van der Waals surface area contributed by atoms with Gasteiger partial charge in [0, 0.05) is 44.0 Å². The largest absolute Gasteiger partial charge is 0.366 e. The van der Waals surface area contributed by atoms with E-state index in [0.717, 1.165) is 26.1 Å². The van der Waals surface area contributed by atoms with E-state index in [1.165, 1.54) is 5.56 Å². The minimum Gasteiger partial charge on any atom is -0.366 e. The maximum absolute atomic E-state index is 12.5.